The Morgan fingerprint density at radius 3 is 2.92 bits per heavy atom. The van der Waals surface area contributed by atoms with E-state index in [1.54, 1.807) is 19.1 Å². The maximum Gasteiger partial charge on any atom is 0.166 e. The summed E-state index contributed by atoms with van der Waals surface area (Å²) in [4.78, 5) is 11.2. The van der Waals surface area contributed by atoms with Crippen LogP contribution in [-0.4, -0.2) is 10.9 Å². The number of aliphatic hydroxyl groups is 1. The van der Waals surface area contributed by atoms with Gasteiger partial charge < -0.3 is 5.11 Å². The summed E-state index contributed by atoms with van der Waals surface area (Å²) in [6, 6.07) is 3.14. The SMILES string of the molecule is Cc1ccc2c(c1F)C(O)CC2=O. The largest absolute Gasteiger partial charge is 0.388 e. The quantitative estimate of drug-likeness (QED) is 0.660. The van der Waals surface area contributed by atoms with Crippen LogP contribution >= 0.6 is 0 Å². The fourth-order valence-electron chi connectivity index (χ4n) is 1.66. The van der Waals surface area contributed by atoms with Gasteiger partial charge in [-0.3, -0.25) is 4.79 Å². The summed E-state index contributed by atoms with van der Waals surface area (Å²) in [5, 5.41) is 9.40. The van der Waals surface area contributed by atoms with Gasteiger partial charge in [0, 0.05) is 17.5 Å². The van der Waals surface area contributed by atoms with E-state index >= 15 is 0 Å². The van der Waals surface area contributed by atoms with Gasteiger partial charge in [0.1, 0.15) is 5.82 Å². The van der Waals surface area contributed by atoms with E-state index < -0.39 is 11.9 Å². The normalized spacial score (nSPS) is 20.5. The lowest BCUT2D eigenvalue weighted by Gasteiger charge is -2.05. The lowest BCUT2D eigenvalue weighted by molar-refractivity contribution is 0.0928. The third-order valence-corrected chi connectivity index (χ3v) is 2.39. The number of aryl methyl sites for hydroxylation is 1. The third kappa shape index (κ3) is 1.08. The van der Waals surface area contributed by atoms with Crippen LogP contribution < -0.4 is 0 Å². The highest BCUT2D eigenvalue weighted by Gasteiger charge is 2.31. The van der Waals surface area contributed by atoms with E-state index in [9.17, 15) is 14.3 Å². The summed E-state index contributed by atoms with van der Waals surface area (Å²) in [6.45, 7) is 1.62. The molecule has 0 fully saturated rings. The summed E-state index contributed by atoms with van der Waals surface area (Å²) < 4.78 is 13.4. The number of hydrogen-bond acceptors (Lipinski definition) is 2. The molecule has 1 aliphatic carbocycles. The molecule has 1 aliphatic rings. The molecule has 0 aliphatic heterocycles. The molecule has 2 nitrogen and oxygen atoms in total. The van der Waals surface area contributed by atoms with Gasteiger partial charge in [0.2, 0.25) is 0 Å². The number of carbonyl (C=O) groups is 1. The maximum absolute atomic E-state index is 13.4. The minimum absolute atomic E-state index is 0.00963. The van der Waals surface area contributed by atoms with E-state index in [1.165, 1.54) is 0 Å². The van der Waals surface area contributed by atoms with Gasteiger partial charge in [-0.05, 0) is 12.5 Å². The molecule has 3 heteroatoms. The lowest BCUT2D eigenvalue weighted by atomic mass is 10.1. The Morgan fingerprint density at radius 2 is 2.23 bits per heavy atom. The monoisotopic (exact) mass is 180 g/mol. The van der Waals surface area contributed by atoms with Crippen LogP contribution in [0.5, 0.6) is 0 Å². The number of hydrogen-bond donors (Lipinski definition) is 1. The molecular weight excluding hydrogens is 171 g/mol. The average molecular weight is 180 g/mol. The second-order valence-corrected chi connectivity index (χ2v) is 3.30. The van der Waals surface area contributed by atoms with Gasteiger partial charge >= 0.3 is 0 Å². The fraction of sp³-hybridized carbons (Fsp3) is 0.300. The van der Waals surface area contributed by atoms with Gasteiger partial charge in [-0.1, -0.05) is 12.1 Å². The second kappa shape index (κ2) is 2.64. The Morgan fingerprint density at radius 1 is 1.54 bits per heavy atom. The third-order valence-electron chi connectivity index (χ3n) is 2.39. The van der Waals surface area contributed by atoms with Crippen molar-refractivity contribution in [3.8, 4) is 0 Å². The Kier molecular flexibility index (Phi) is 1.70. The molecule has 2 rings (SSSR count). The van der Waals surface area contributed by atoms with Crippen molar-refractivity contribution in [1.82, 2.24) is 0 Å². The predicted molar refractivity (Wildman–Crippen MR) is 45.0 cm³/mol. The van der Waals surface area contributed by atoms with E-state index in [2.05, 4.69) is 0 Å². The second-order valence-electron chi connectivity index (χ2n) is 3.30. The number of carbonyl (C=O) groups excluding carboxylic acids is 1. The van der Waals surface area contributed by atoms with Crippen molar-refractivity contribution >= 4 is 5.78 Å². The highest BCUT2D eigenvalue weighted by Crippen LogP contribution is 2.33. The van der Waals surface area contributed by atoms with Crippen LogP contribution in [0.1, 0.15) is 34.0 Å². The summed E-state index contributed by atoms with van der Waals surface area (Å²) in [5.74, 6) is -0.628. The first kappa shape index (κ1) is 8.38. The summed E-state index contributed by atoms with van der Waals surface area (Å²) >= 11 is 0. The van der Waals surface area contributed by atoms with Crippen LogP contribution in [-0.2, 0) is 0 Å². The van der Waals surface area contributed by atoms with Crippen molar-refractivity contribution in [1.29, 1.82) is 0 Å². The molecule has 0 bridgehead atoms. The molecule has 0 radical (unpaired) electrons. The number of benzene rings is 1. The number of rotatable bonds is 0. The van der Waals surface area contributed by atoms with Gasteiger partial charge in [-0.15, -0.1) is 0 Å². The fourth-order valence-corrected chi connectivity index (χ4v) is 1.66. The molecule has 0 aromatic heterocycles. The zero-order valence-electron chi connectivity index (χ0n) is 7.17. The molecule has 1 N–H and O–H groups in total. The van der Waals surface area contributed by atoms with E-state index in [4.69, 9.17) is 0 Å². The van der Waals surface area contributed by atoms with Crippen molar-refractivity contribution in [2.75, 3.05) is 0 Å². The first-order chi connectivity index (χ1) is 6.11. The Balaban J connectivity index is 2.70. The van der Waals surface area contributed by atoms with Gasteiger partial charge in [-0.2, -0.15) is 0 Å². The number of halogens is 1. The van der Waals surface area contributed by atoms with Crippen molar-refractivity contribution in [2.24, 2.45) is 0 Å². The zero-order valence-corrected chi connectivity index (χ0v) is 7.17. The number of aliphatic hydroxyl groups excluding tert-OH is 1. The van der Waals surface area contributed by atoms with Gasteiger partial charge in [0.25, 0.3) is 0 Å². The molecule has 1 aromatic rings. The Bertz CT molecular complexity index is 385. The van der Waals surface area contributed by atoms with Crippen LogP contribution in [0.25, 0.3) is 0 Å². The highest BCUT2D eigenvalue weighted by molar-refractivity contribution is 6.01. The minimum atomic E-state index is -0.956. The van der Waals surface area contributed by atoms with Gasteiger partial charge in [0.05, 0.1) is 6.10 Å². The maximum atomic E-state index is 13.4. The average Bonchev–Trinajstić information content (AvgIpc) is 2.35. The minimum Gasteiger partial charge on any atom is -0.388 e. The van der Waals surface area contributed by atoms with E-state index in [1.807, 2.05) is 0 Å². The molecule has 0 heterocycles. The first-order valence-electron chi connectivity index (χ1n) is 4.11. The number of fused-ring (bicyclic) bond motifs is 1. The van der Waals surface area contributed by atoms with Gasteiger partial charge in [0.15, 0.2) is 5.78 Å². The summed E-state index contributed by atoms with van der Waals surface area (Å²) in [5.41, 5.74) is 0.966. The standard InChI is InChI=1S/C10H9FO2/c1-5-2-3-6-7(12)4-8(13)9(6)10(5)11/h2-3,8,13H,4H2,1H3. The van der Waals surface area contributed by atoms with Crippen LogP contribution in [0.15, 0.2) is 12.1 Å². The van der Waals surface area contributed by atoms with Crippen molar-refractivity contribution in [2.45, 2.75) is 19.4 Å². The molecule has 68 valence electrons. The molecule has 0 saturated carbocycles. The number of ketones is 1. The van der Waals surface area contributed by atoms with E-state index in [-0.39, 0.29) is 17.8 Å². The zero-order chi connectivity index (χ0) is 9.59. The van der Waals surface area contributed by atoms with Gasteiger partial charge in [-0.25, -0.2) is 4.39 Å². The van der Waals surface area contributed by atoms with E-state index in [0.717, 1.165) is 0 Å². The molecular formula is C10H9FO2. The van der Waals surface area contributed by atoms with Crippen molar-refractivity contribution in [3.63, 3.8) is 0 Å². The van der Waals surface area contributed by atoms with Crippen LogP contribution in [0.4, 0.5) is 4.39 Å². The van der Waals surface area contributed by atoms with Crippen LogP contribution in [0.3, 0.4) is 0 Å². The molecule has 0 spiro atoms. The topological polar surface area (TPSA) is 37.3 Å². The first-order valence-corrected chi connectivity index (χ1v) is 4.11. The van der Waals surface area contributed by atoms with Crippen molar-refractivity contribution < 1.29 is 14.3 Å². The Labute approximate surface area is 75.0 Å². The smallest absolute Gasteiger partial charge is 0.166 e. The van der Waals surface area contributed by atoms with Crippen LogP contribution in [0, 0.1) is 12.7 Å². The van der Waals surface area contributed by atoms with E-state index in [0.29, 0.717) is 11.1 Å². The highest BCUT2D eigenvalue weighted by atomic mass is 19.1. The molecule has 0 amide bonds. The molecule has 1 unspecified atom stereocenters. The molecule has 1 atom stereocenters. The van der Waals surface area contributed by atoms with Crippen LogP contribution in [0.2, 0.25) is 0 Å². The molecule has 0 saturated heterocycles. The number of Topliss-reactive ketones (excluding diaryl/α,β-unsaturated/α-hetero) is 1. The lowest BCUT2D eigenvalue weighted by Crippen LogP contribution is -1.97. The molecule has 13 heavy (non-hydrogen) atoms. The molecule has 1 aromatic carbocycles. The predicted octanol–water partition coefficient (Wildman–Crippen LogP) is 1.75. The Hall–Kier alpha value is -1.22. The summed E-state index contributed by atoms with van der Waals surface area (Å²) in [7, 11) is 0. The summed E-state index contributed by atoms with van der Waals surface area (Å²) in [6.07, 6.45) is -0.946. The van der Waals surface area contributed by atoms with Crippen molar-refractivity contribution in [3.05, 3.63) is 34.6 Å².